The van der Waals surface area contributed by atoms with Crippen LogP contribution in [0.25, 0.3) is 11.3 Å². The van der Waals surface area contributed by atoms with Crippen molar-refractivity contribution in [2.45, 2.75) is 19.9 Å². The summed E-state index contributed by atoms with van der Waals surface area (Å²) >= 11 is 0. The molecule has 0 fully saturated rings. The van der Waals surface area contributed by atoms with Crippen molar-refractivity contribution >= 4 is 40.1 Å². The van der Waals surface area contributed by atoms with Crippen LogP contribution >= 0.6 is 0 Å². The number of benzene rings is 3. The van der Waals surface area contributed by atoms with E-state index in [0.29, 0.717) is 35.6 Å². The van der Waals surface area contributed by atoms with E-state index in [-0.39, 0.29) is 17.5 Å². The highest BCUT2D eigenvalue weighted by Gasteiger charge is 2.30. The molecule has 3 aromatic rings. The summed E-state index contributed by atoms with van der Waals surface area (Å²) in [4.78, 5) is 37.5. The van der Waals surface area contributed by atoms with Crippen LogP contribution in [0.5, 0.6) is 0 Å². The smallest absolute Gasteiger partial charge is 0.270 e. The number of amides is 2. The second-order valence-corrected chi connectivity index (χ2v) is 8.36. The highest BCUT2D eigenvalue weighted by molar-refractivity contribution is 6.37. The predicted octanol–water partition coefficient (Wildman–Crippen LogP) is 4.43. The molecule has 2 aliphatic rings. The average Bonchev–Trinajstić information content (AvgIpc) is 3.17. The number of nitrogens with zero attached hydrogens (tertiary/aromatic N) is 2. The van der Waals surface area contributed by atoms with Gasteiger partial charge in [-0.15, -0.1) is 0 Å². The van der Waals surface area contributed by atoms with E-state index in [1.165, 1.54) is 12.1 Å². The van der Waals surface area contributed by atoms with Gasteiger partial charge in [0.25, 0.3) is 11.6 Å². The molecule has 2 aliphatic heterocycles. The maximum atomic E-state index is 13.0. The quantitative estimate of drug-likeness (QED) is 0.345. The van der Waals surface area contributed by atoms with Gasteiger partial charge in [0, 0.05) is 49.1 Å². The van der Waals surface area contributed by atoms with E-state index in [1.54, 1.807) is 13.0 Å². The predicted molar refractivity (Wildman–Crippen MR) is 130 cm³/mol. The van der Waals surface area contributed by atoms with E-state index >= 15 is 0 Å². The lowest BCUT2D eigenvalue weighted by molar-refractivity contribution is -0.384. The molecule has 0 aliphatic carbocycles. The van der Waals surface area contributed by atoms with Crippen LogP contribution in [0.1, 0.15) is 29.2 Å². The first-order valence-corrected chi connectivity index (χ1v) is 10.9. The van der Waals surface area contributed by atoms with Gasteiger partial charge in [0.1, 0.15) is 0 Å². The monoisotopic (exact) mass is 454 g/mol. The number of nitrogens with one attached hydrogen (secondary N) is 2. The molecule has 8 heteroatoms. The van der Waals surface area contributed by atoms with Gasteiger partial charge >= 0.3 is 0 Å². The Labute approximate surface area is 196 Å². The molecule has 8 nitrogen and oxygen atoms in total. The van der Waals surface area contributed by atoms with Crippen LogP contribution in [-0.2, 0) is 22.6 Å². The first kappa shape index (κ1) is 21.4. The zero-order chi connectivity index (χ0) is 23.8. The largest absolute Gasteiger partial charge is 0.354 e. The summed E-state index contributed by atoms with van der Waals surface area (Å²) in [7, 11) is 0. The summed E-state index contributed by atoms with van der Waals surface area (Å²) in [6.45, 7) is 2.82. The number of hydrogen-bond acceptors (Lipinski definition) is 5. The Hall–Kier alpha value is -4.46. The Morgan fingerprint density at radius 2 is 1.85 bits per heavy atom. The molecule has 2 amide bonds. The molecule has 0 spiro atoms. The fraction of sp³-hybridized carbons (Fsp3) is 0.154. The van der Waals surface area contributed by atoms with Gasteiger partial charge in [-0.05, 0) is 41.3 Å². The van der Waals surface area contributed by atoms with Gasteiger partial charge in [0.2, 0.25) is 5.91 Å². The fourth-order valence-corrected chi connectivity index (χ4v) is 4.44. The topological polar surface area (TPSA) is 105 Å². The number of nitro groups is 1. The first-order chi connectivity index (χ1) is 16.4. The van der Waals surface area contributed by atoms with E-state index in [9.17, 15) is 19.7 Å². The Balaban J connectivity index is 1.59. The van der Waals surface area contributed by atoms with E-state index in [2.05, 4.69) is 10.6 Å². The van der Waals surface area contributed by atoms with Crippen molar-refractivity contribution in [3.63, 3.8) is 0 Å². The summed E-state index contributed by atoms with van der Waals surface area (Å²) in [6, 6.07) is 19.7. The molecule has 170 valence electrons. The molecule has 3 aromatic carbocycles. The maximum absolute atomic E-state index is 13.0. The summed E-state index contributed by atoms with van der Waals surface area (Å²) in [6.07, 6.45) is 0.747. The molecule has 0 bridgehead atoms. The number of anilines is 2. The zero-order valence-electron chi connectivity index (χ0n) is 18.5. The van der Waals surface area contributed by atoms with Crippen LogP contribution in [0.2, 0.25) is 0 Å². The molecule has 5 rings (SSSR count). The molecule has 34 heavy (non-hydrogen) atoms. The lowest BCUT2D eigenvalue weighted by Crippen LogP contribution is -2.34. The normalized spacial score (nSPS) is 15.8. The van der Waals surface area contributed by atoms with Crippen molar-refractivity contribution in [1.29, 1.82) is 0 Å². The third-order valence-electron chi connectivity index (χ3n) is 6.20. The Morgan fingerprint density at radius 1 is 1.06 bits per heavy atom. The van der Waals surface area contributed by atoms with Crippen molar-refractivity contribution in [2.75, 3.05) is 17.2 Å². The minimum absolute atomic E-state index is 0.0592. The van der Waals surface area contributed by atoms with Crippen molar-refractivity contribution in [1.82, 2.24) is 4.90 Å². The Kier molecular flexibility index (Phi) is 5.33. The summed E-state index contributed by atoms with van der Waals surface area (Å²) in [5.74, 6) is -0.263. The van der Waals surface area contributed by atoms with E-state index in [1.807, 2.05) is 53.4 Å². The standard InChI is InChI=1S/C26H22N4O4/c1-16(31)29-12-11-18-13-20(8-7-19(18)15-29)27-25(17-5-3-2-4-6-17)24-22-14-21(30(33)34)9-10-23(22)28-26(24)32/h2-10,13-14,27H,11-12,15H2,1H3,(H,28,32). The van der Waals surface area contributed by atoms with Crippen LogP contribution in [0.15, 0.2) is 66.7 Å². The Bertz CT molecular complexity index is 1360. The van der Waals surface area contributed by atoms with Gasteiger partial charge in [-0.2, -0.15) is 0 Å². The number of fused-ring (bicyclic) bond motifs is 2. The number of non-ortho nitro benzene ring substituents is 1. The number of nitro benzene ring substituents is 1. The first-order valence-electron chi connectivity index (χ1n) is 10.9. The van der Waals surface area contributed by atoms with Gasteiger partial charge in [-0.1, -0.05) is 36.4 Å². The van der Waals surface area contributed by atoms with E-state index < -0.39 is 4.92 Å². The lowest BCUT2D eigenvalue weighted by Gasteiger charge is -2.28. The fourth-order valence-electron chi connectivity index (χ4n) is 4.44. The SMILES string of the molecule is CC(=O)N1CCc2cc(NC(=C3C(=O)Nc4ccc([N+](=O)[O-])cc43)c3ccccc3)ccc2C1. The lowest BCUT2D eigenvalue weighted by atomic mass is 9.97. The number of carbonyl (C=O) groups excluding carboxylic acids is 2. The second kappa shape index (κ2) is 8.47. The van der Waals surface area contributed by atoms with E-state index in [0.717, 1.165) is 28.8 Å². The molecule has 0 saturated carbocycles. The number of rotatable bonds is 4. The third kappa shape index (κ3) is 3.90. The molecule has 0 saturated heterocycles. The van der Waals surface area contributed by atoms with Crippen LogP contribution in [0.3, 0.4) is 0 Å². The third-order valence-corrected chi connectivity index (χ3v) is 6.20. The van der Waals surface area contributed by atoms with Crippen LogP contribution in [0, 0.1) is 10.1 Å². The van der Waals surface area contributed by atoms with Crippen molar-refractivity contribution in [3.05, 3.63) is 99.1 Å². The summed E-state index contributed by atoms with van der Waals surface area (Å²) in [5.41, 5.74) is 5.69. The van der Waals surface area contributed by atoms with Crippen LogP contribution in [-0.4, -0.2) is 28.2 Å². The van der Waals surface area contributed by atoms with Gasteiger partial charge in [0.05, 0.1) is 16.2 Å². The molecule has 2 heterocycles. The summed E-state index contributed by atoms with van der Waals surface area (Å²) in [5, 5.41) is 17.6. The van der Waals surface area contributed by atoms with Crippen molar-refractivity contribution in [2.24, 2.45) is 0 Å². The summed E-state index contributed by atoms with van der Waals surface area (Å²) < 4.78 is 0. The average molecular weight is 454 g/mol. The van der Waals surface area contributed by atoms with Crippen LogP contribution in [0.4, 0.5) is 17.1 Å². The molecular formula is C26H22N4O4. The highest BCUT2D eigenvalue weighted by Crippen LogP contribution is 2.39. The minimum Gasteiger partial charge on any atom is -0.354 e. The van der Waals surface area contributed by atoms with Crippen LogP contribution < -0.4 is 10.6 Å². The van der Waals surface area contributed by atoms with Crippen molar-refractivity contribution in [3.8, 4) is 0 Å². The van der Waals surface area contributed by atoms with Gasteiger partial charge < -0.3 is 15.5 Å². The van der Waals surface area contributed by atoms with Gasteiger partial charge in [-0.25, -0.2) is 0 Å². The molecule has 0 unspecified atom stereocenters. The number of hydrogen-bond donors (Lipinski definition) is 2. The van der Waals surface area contributed by atoms with Crippen molar-refractivity contribution < 1.29 is 14.5 Å². The maximum Gasteiger partial charge on any atom is 0.270 e. The van der Waals surface area contributed by atoms with Gasteiger partial charge in [0.15, 0.2) is 0 Å². The molecule has 2 N–H and O–H groups in total. The van der Waals surface area contributed by atoms with E-state index in [4.69, 9.17) is 0 Å². The Morgan fingerprint density at radius 3 is 2.59 bits per heavy atom. The zero-order valence-corrected chi connectivity index (χ0v) is 18.5. The molecule has 0 aromatic heterocycles. The minimum atomic E-state index is -0.468. The second-order valence-electron chi connectivity index (χ2n) is 8.36. The highest BCUT2D eigenvalue weighted by atomic mass is 16.6. The molecule has 0 atom stereocenters. The van der Waals surface area contributed by atoms with Gasteiger partial charge in [-0.3, -0.25) is 19.7 Å². The molecule has 0 radical (unpaired) electrons. The number of carbonyl (C=O) groups is 2. The molecular weight excluding hydrogens is 432 g/mol.